The number of hydrogen-bond acceptors (Lipinski definition) is 9. The lowest BCUT2D eigenvalue weighted by molar-refractivity contribution is -0.171. The lowest BCUT2D eigenvalue weighted by Gasteiger charge is -2.37. The van der Waals surface area contributed by atoms with Gasteiger partial charge in [-0.05, 0) is 50.2 Å². The van der Waals surface area contributed by atoms with E-state index in [-0.39, 0.29) is 55.6 Å². The van der Waals surface area contributed by atoms with Crippen LogP contribution in [0.25, 0.3) is 11.0 Å². The van der Waals surface area contributed by atoms with Gasteiger partial charge in [-0.2, -0.15) is 18.3 Å². The summed E-state index contributed by atoms with van der Waals surface area (Å²) in [6.45, 7) is 3.41. The molecule has 2 saturated heterocycles. The molecule has 2 fully saturated rings. The molecule has 0 unspecified atom stereocenters. The summed E-state index contributed by atoms with van der Waals surface area (Å²) in [4.78, 5) is 40.3. The maximum atomic E-state index is 14.1. The monoisotopic (exact) mass is 638 g/mol. The highest BCUT2D eigenvalue weighted by Crippen LogP contribution is 2.35. The van der Waals surface area contributed by atoms with Crippen LogP contribution in [0.1, 0.15) is 28.8 Å². The number of aromatic amines is 1. The third kappa shape index (κ3) is 6.89. The normalized spacial score (nSPS) is 16.4. The van der Waals surface area contributed by atoms with Gasteiger partial charge in [0, 0.05) is 75.1 Å². The number of anilines is 3. The first kappa shape index (κ1) is 31.2. The third-order valence-electron chi connectivity index (χ3n) is 8.09. The Bertz CT molecular complexity index is 1690. The number of ether oxygens (including phenoxy) is 2. The molecule has 2 aliphatic rings. The summed E-state index contributed by atoms with van der Waals surface area (Å²) in [6, 6.07) is 10.8. The van der Waals surface area contributed by atoms with E-state index in [0.29, 0.717) is 29.8 Å². The van der Waals surface area contributed by atoms with Crippen molar-refractivity contribution in [3.63, 3.8) is 0 Å². The minimum absolute atomic E-state index is 0.0562. The zero-order valence-corrected chi connectivity index (χ0v) is 25.1. The van der Waals surface area contributed by atoms with Crippen molar-refractivity contribution in [1.29, 1.82) is 0 Å². The summed E-state index contributed by atoms with van der Waals surface area (Å²) in [5.74, 6) is -2.46. The number of benzene rings is 1. The van der Waals surface area contributed by atoms with E-state index in [1.54, 1.807) is 36.7 Å². The molecule has 2 N–H and O–H groups in total. The Kier molecular flexibility index (Phi) is 9.03. The molecule has 0 atom stereocenters. The van der Waals surface area contributed by atoms with Gasteiger partial charge >= 0.3 is 12.1 Å². The number of carbonyl (C=O) groups excluding carboxylic acids is 2. The number of fused-ring (bicyclic) bond motifs is 1. The molecule has 0 spiro atoms. The Balaban J connectivity index is 1.34. The first-order chi connectivity index (χ1) is 22.2. The van der Waals surface area contributed by atoms with E-state index < -0.39 is 24.0 Å². The number of aromatic nitrogens is 4. The van der Waals surface area contributed by atoms with Gasteiger partial charge in [0.25, 0.3) is 5.91 Å². The average Bonchev–Trinajstić information content (AvgIpc) is 3.46. The molecule has 2 amide bonds. The number of halogens is 3. The molecule has 3 aromatic heterocycles. The van der Waals surface area contributed by atoms with E-state index in [0.717, 1.165) is 23.6 Å². The van der Waals surface area contributed by atoms with E-state index in [1.807, 2.05) is 18.0 Å². The van der Waals surface area contributed by atoms with Crippen molar-refractivity contribution in [3.8, 4) is 5.88 Å². The van der Waals surface area contributed by atoms with Crippen LogP contribution in [0.5, 0.6) is 5.88 Å². The molecule has 0 saturated carbocycles. The second kappa shape index (κ2) is 13.3. The van der Waals surface area contributed by atoms with Crippen LogP contribution in [0.2, 0.25) is 0 Å². The number of rotatable bonds is 8. The largest absolute Gasteiger partial charge is 0.473 e. The number of amides is 2. The molecule has 5 heterocycles. The Morgan fingerprint density at radius 1 is 1.11 bits per heavy atom. The van der Waals surface area contributed by atoms with Crippen LogP contribution in [-0.2, 0) is 16.1 Å². The molecule has 0 bridgehead atoms. The van der Waals surface area contributed by atoms with Gasteiger partial charge in [-0.3, -0.25) is 19.7 Å². The fourth-order valence-corrected chi connectivity index (χ4v) is 5.59. The summed E-state index contributed by atoms with van der Waals surface area (Å²) < 4.78 is 53.4. The van der Waals surface area contributed by atoms with Crippen LogP contribution in [0.15, 0.2) is 54.9 Å². The number of alkyl halides is 3. The minimum Gasteiger partial charge on any atom is -0.473 e. The van der Waals surface area contributed by atoms with Crippen molar-refractivity contribution in [1.82, 2.24) is 25.1 Å². The number of piperazine rings is 1. The van der Waals surface area contributed by atoms with Crippen molar-refractivity contribution in [2.24, 2.45) is 0 Å². The molecule has 242 valence electrons. The Morgan fingerprint density at radius 3 is 2.61 bits per heavy atom. The van der Waals surface area contributed by atoms with Crippen LogP contribution in [0.4, 0.5) is 30.4 Å². The van der Waals surface area contributed by atoms with E-state index in [1.165, 1.54) is 12.1 Å². The van der Waals surface area contributed by atoms with Crippen molar-refractivity contribution in [2.75, 3.05) is 61.6 Å². The fourth-order valence-electron chi connectivity index (χ4n) is 5.59. The Morgan fingerprint density at radius 2 is 1.89 bits per heavy atom. The highest BCUT2D eigenvalue weighted by molar-refractivity contribution is 6.13. The molecule has 2 aliphatic heterocycles. The van der Waals surface area contributed by atoms with Gasteiger partial charge in [0.1, 0.15) is 12.1 Å². The molecule has 4 aromatic rings. The standard InChI is InChI=1S/C31H33F3N8O4/c1-40-11-13-41(14-12-40)22-4-5-23(25(17-22)42(30(44)31(32,33)34)21-8-15-45-16-9-21)29(43)37-28-27-24(38-39-28)6-7-26(36-27)46-19-20-3-2-10-35-18-20/h2-7,10,17-18,21H,8-9,11-16,19H2,1H3,(H2,37,38,39,43). The number of likely N-dealkylation sites (N-methyl/N-ethyl adjacent to an activating group) is 1. The number of H-pyrrole nitrogens is 1. The zero-order valence-electron chi connectivity index (χ0n) is 25.1. The smallest absolute Gasteiger partial charge is 0.471 e. The molecule has 6 rings (SSSR count). The van der Waals surface area contributed by atoms with Gasteiger partial charge < -0.3 is 29.5 Å². The highest BCUT2D eigenvalue weighted by Gasteiger charge is 2.46. The molecular formula is C31H33F3N8O4. The summed E-state index contributed by atoms with van der Waals surface area (Å²) in [7, 11) is 1.99. The molecule has 0 radical (unpaired) electrons. The van der Waals surface area contributed by atoms with Crippen molar-refractivity contribution in [3.05, 3.63) is 66.0 Å². The first-order valence-corrected chi connectivity index (χ1v) is 14.9. The van der Waals surface area contributed by atoms with Crippen molar-refractivity contribution in [2.45, 2.75) is 31.7 Å². The molecule has 46 heavy (non-hydrogen) atoms. The SMILES string of the molecule is CN1CCN(c2ccc(C(=O)Nc3n[nH]c4ccc(OCc5cccnc5)nc34)c(N(C(=O)C(F)(F)F)C3CCOCC3)c2)CC1. The quantitative estimate of drug-likeness (QED) is 0.294. The van der Waals surface area contributed by atoms with Crippen molar-refractivity contribution >= 4 is 40.0 Å². The molecule has 12 nitrogen and oxygen atoms in total. The van der Waals surface area contributed by atoms with Crippen molar-refractivity contribution < 1.29 is 32.2 Å². The van der Waals surface area contributed by atoms with Gasteiger partial charge in [0.15, 0.2) is 5.82 Å². The predicted molar refractivity (Wildman–Crippen MR) is 164 cm³/mol. The number of nitrogens with one attached hydrogen (secondary N) is 2. The molecule has 1 aromatic carbocycles. The van der Waals surface area contributed by atoms with Gasteiger partial charge in [-0.15, -0.1) is 0 Å². The van der Waals surface area contributed by atoms with Crippen LogP contribution >= 0.6 is 0 Å². The van der Waals surface area contributed by atoms with Gasteiger partial charge in [0.2, 0.25) is 5.88 Å². The van der Waals surface area contributed by atoms with Gasteiger partial charge in [-0.1, -0.05) is 6.07 Å². The topological polar surface area (TPSA) is 129 Å². The number of carbonyl (C=O) groups is 2. The fraction of sp³-hybridized carbons (Fsp3) is 0.387. The average molecular weight is 639 g/mol. The second-order valence-electron chi connectivity index (χ2n) is 11.2. The molecule has 0 aliphatic carbocycles. The van der Waals surface area contributed by atoms with Crippen LogP contribution in [0, 0.1) is 0 Å². The number of hydrogen-bond donors (Lipinski definition) is 2. The maximum absolute atomic E-state index is 14.1. The van der Waals surface area contributed by atoms with E-state index in [9.17, 15) is 22.8 Å². The Labute approximate surface area is 262 Å². The van der Waals surface area contributed by atoms with Crippen LogP contribution < -0.4 is 19.9 Å². The van der Waals surface area contributed by atoms with Crippen LogP contribution in [-0.4, -0.2) is 95.5 Å². The summed E-state index contributed by atoms with van der Waals surface area (Å²) >= 11 is 0. The van der Waals surface area contributed by atoms with E-state index in [4.69, 9.17) is 9.47 Å². The zero-order chi connectivity index (χ0) is 32.3. The maximum Gasteiger partial charge on any atom is 0.471 e. The lowest BCUT2D eigenvalue weighted by Crippen LogP contribution is -2.50. The number of pyridine rings is 2. The first-order valence-electron chi connectivity index (χ1n) is 14.9. The third-order valence-corrected chi connectivity index (χ3v) is 8.09. The lowest BCUT2D eigenvalue weighted by atomic mass is 10.0. The van der Waals surface area contributed by atoms with E-state index in [2.05, 4.69) is 30.4 Å². The molecular weight excluding hydrogens is 605 g/mol. The molecule has 15 heteroatoms. The number of nitrogens with zero attached hydrogens (tertiary/aromatic N) is 6. The summed E-state index contributed by atoms with van der Waals surface area (Å²) in [6.07, 6.45) is -1.46. The predicted octanol–water partition coefficient (Wildman–Crippen LogP) is 4.01. The minimum atomic E-state index is -5.16. The summed E-state index contributed by atoms with van der Waals surface area (Å²) in [5.41, 5.74) is 2.01. The Hall–Kier alpha value is -4.76. The van der Waals surface area contributed by atoms with Crippen LogP contribution in [0.3, 0.4) is 0 Å². The van der Waals surface area contributed by atoms with Gasteiger partial charge in [-0.25, -0.2) is 4.98 Å². The van der Waals surface area contributed by atoms with E-state index >= 15 is 0 Å². The van der Waals surface area contributed by atoms with Gasteiger partial charge in [0.05, 0.1) is 16.8 Å². The second-order valence-corrected chi connectivity index (χ2v) is 11.2. The highest BCUT2D eigenvalue weighted by atomic mass is 19.4. The summed E-state index contributed by atoms with van der Waals surface area (Å²) in [5, 5.41) is 9.67.